The van der Waals surface area contributed by atoms with E-state index in [0.717, 1.165) is 29.3 Å². The van der Waals surface area contributed by atoms with Crippen LogP contribution in [0, 0.1) is 0 Å². The summed E-state index contributed by atoms with van der Waals surface area (Å²) < 4.78 is 10.8. The first-order valence-corrected chi connectivity index (χ1v) is 8.91. The smallest absolute Gasteiger partial charge is 0.293 e. The maximum Gasteiger partial charge on any atom is 0.293 e. The van der Waals surface area contributed by atoms with Crippen LogP contribution in [0.4, 0.5) is 4.79 Å². The largest absolute Gasteiger partial charge is 0.493 e. The minimum Gasteiger partial charge on any atom is -0.493 e. The molecule has 0 spiro atoms. The molecule has 1 atom stereocenters. The topological polar surface area (TPSA) is 55.8 Å². The van der Waals surface area contributed by atoms with Gasteiger partial charge in [-0.15, -0.1) is 6.58 Å². The summed E-state index contributed by atoms with van der Waals surface area (Å²) in [6.45, 7) is 7.58. The van der Waals surface area contributed by atoms with Gasteiger partial charge in [-0.05, 0) is 55.3 Å². The SMILES string of the molecule is C=CCc1cc(/C=C2/SC(=O)N([C@H](C)CC)C2=O)cc(OC)c1OC. The molecule has 1 aromatic carbocycles. The third-order valence-electron chi connectivity index (χ3n) is 4.10. The van der Waals surface area contributed by atoms with Crippen LogP contribution in [0.25, 0.3) is 6.08 Å². The highest BCUT2D eigenvalue weighted by Gasteiger charge is 2.37. The Bertz CT molecular complexity index is 726. The van der Waals surface area contributed by atoms with Crippen LogP contribution >= 0.6 is 11.8 Å². The molecule has 1 aromatic rings. The number of imide groups is 1. The molecule has 0 bridgehead atoms. The summed E-state index contributed by atoms with van der Waals surface area (Å²) in [5.41, 5.74) is 1.69. The summed E-state index contributed by atoms with van der Waals surface area (Å²) in [5.74, 6) is 0.978. The molecule has 0 radical (unpaired) electrons. The van der Waals surface area contributed by atoms with E-state index in [0.29, 0.717) is 22.8 Å². The normalized spacial score (nSPS) is 17.1. The van der Waals surface area contributed by atoms with Crippen LogP contribution in [-0.4, -0.2) is 36.3 Å². The average molecular weight is 361 g/mol. The quantitative estimate of drug-likeness (QED) is 0.536. The van der Waals surface area contributed by atoms with E-state index in [1.165, 1.54) is 4.90 Å². The van der Waals surface area contributed by atoms with Crippen LogP contribution in [0.5, 0.6) is 11.5 Å². The number of nitrogens with zero attached hydrogens (tertiary/aromatic N) is 1. The van der Waals surface area contributed by atoms with Crippen molar-refractivity contribution in [3.8, 4) is 11.5 Å². The number of ether oxygens (including phenoxy) is 2. The lowest BCUT2D eigenvalue weighted by Gasteiger charge is -2.19. The molecule has 1 aliphatic heterocycles. The van der Waals surface area contributed by atoms with E-state index < -0.39 is 0 Å². The number of thioether (sulfide) groups is 1. The third-order valence-corrected chi connectivity index (χ3v) is 4.98. The number of hydrogen-bond donors (Lipinski definition) is 0. The van der Waals surface area contributed by atoms with E-state index in [1.54, 1.807) is 32.4 Å². The van der Waals surface area contributed by atoms with E-state index >= 15 is 0 Å². The van der Waals surface area contributed by atoms with E-state index in [2.05, 4.69) is 6.58 Å². The van der Waals surface area contributed by atoms with Crippen LogP contribution in [-0.2, 0) is 11.2 Å². The van der Waals surface area contributed by atoms with Gasteiger partial charge in [0.1, 0.15) is 0 Å². The van der Waals surface area contributed by atoms with E-state index in [-0.39, 0.29) is 17.2 Å². The van der Waals surface area contributed by atoms with Crippen molar-refractivity contribution in [1.29, 1.82) is 0 Å². The van der Waals surface area contributed by atoms with Gasteiger partial charge < -0.3 is 9.47 Å². The molecule has 6 heteroatoms. The van der Waals surface area contributed by atoms with Gasteiger partial charge in [0, 0.05) is 11.6 Å². The van der Waals surface area contributed by atoms with Crippen LogP contribution < -0.4 is 9.47 Å². The fraction of sp³-hybridized carbons (Fsp3) is 0.368. The van der Waals surface area contributed by atoms with E-state index in [1.807, 2.05) is 19.9 Å². The number of carbonyl (C=O) groups is 2. The Labute approximate surface area is 152 Å². The highest BCUT2D eigenvalue weighted by atomic mass is 32.2. The van der Waals surface area contributed by atoms with Crippen molar-refractivity contribution in [3.05, 3.63) is 40.8 Å². The number of allylic oxidation sites excluding steroid dienone is 1. The maximum absolute atomic E-state index is 12.6. The number of amides is 2. The lowest BCUT2D eigenvalue weighted by atomic mass is 10.0. The summed E-state index contributed by atoms with van der Waals surface area (Å²) in [4.78, 5) is 26.4. The number of rotatable bonds is 7. The highest BCUT2D eigenvalue weighted by molar-refractivity contribution is 8.18. The summed E-state index contributed by atoms with van der Waals surface area (Å²) in [7, 11) is 3.15. The van der Waals surface area contributed by atoms with E-state index in [9.17, 15) is 9.59 Å². The van der Waals surface area contributed by atoms with Crippen LogP contribution in [0.1, 0.15) is 31.4 Å². The van der Waals surface area contributed by atoms with Crippen molar-refractivity contribution in [2.45, 2.75) is 32.7 Å². The van der Waals surface area contributed by atoms with Gasteiger partial charge in [-0.3, -0.25) is 14.5 Å². The molecule has 134 valence electrons. The summed E-state index contributed by atoms with van der Waals surface area (Å²) in [5, 5.41) is -0.225. The second-order valence-electron chi connectivity index (χ2n) is 5.72. The molecular formula is C19H23NO4S. The summed E-state index contributed by atoms with van der Waals surface area (Å²) in [6.07, 6.45) is 4.83. The Balaban J connectivity index is 2.44. The molecule has 2 amide bonds. The standard InChI is InChI=1S/C19H23NO4S/c1-6-8-14-9-13(10-15(23-4)17(14)24-5)11-16-18(21)20(12(3)7-2)19(22)25-16/h6,9-12H,1,7-8H2,2-5H3/b16-11+/t12-/m1/s1. The van der Waals surface area contributed by atoms with Gasteiger partial charge in [-0.25, -0.2) is 0 Å². The lowest BCUT2D eigenvalue weighted by molar-refractivity contribution is -0.124. The Morgan fingerprint density at radius 1 is 1.28 bits per heavy atom. The lowest BCUT2D eigenvalue weighted by Crippen LogP contribution is -2.36. The van der Waals surface area contributed by atoms with Gasteiger partial charge in [-0.2, -0.15) is 0 Å². The van der Waals surface area contributed by atoms with Crippen LogP contribution in [0.15, 0.2) is 29.7 Å². The van der Waals surface area contributed by atoms with Gasteiger partial charge >= 0.3 is 0 Å². The highest BCUT2D eigenvalue weighted by Crippen LogP contribution is 2.37. The van der Waals surface area contributed by atoms with E-state index in [4.69, 9.17) is 9.47 Å². The monoisotopic (exact) mass is 361 g/mol. The first kappa shape index (κ1) is 19.1. The van der Waals surface area contributed by atoms with Gasteiger partial charge in [0.05, 0.1) is 19.1 Å². The molecule has 0 aliphatic carbocycles. The maximum atomic E-state index is 12.6. The molecule has 0 N–H and O–H groups in total. The molecule has 0 unspecified atom stereocenters. The molecule has 1 heterocycles. The molecule has 5 nitrogen and oxygen atoms in total. The van der Waals surface area contributed by atoms with Crippen molar-refractivity contribution in [2.24, 2.45) is 0 Å². The zero-order valence-corrected chi connectivity index (χ0v) is 15.8. The van der Waals surface area contributed by atoms with Crippen LogP contribution in [0.3, 0.4) is 0 Å². The molecule has 1 fully saturated rings. The Kier molecular flexibility index (Phi) is 6.31. The number of carbonyl (C=O) groups excluding carboxylic acids is 2. The molecule has 0 aromatic heterocycles. The zero-order chi connectivity index (χ0) is 18.6. The van der Waals surface area contributed by atoms with Gasteiger partial charge in [-0.1, -0.05) is 13.0 Å². The average Bonchev–Trinajstić information content (AvgIpc) is 2.87. The Hall–Kier alpha value is -2.21. The first-order valence-electron chi connectivity index (χ1n) is 8.09. The first-order chi connectivity index (χ1) is 12.0. The Morgan fingerprint density at radius 3 is 2.56 bits per heavy atom. The number of benzene rings is 1. The molecule has 1 saturated heterocycles. The fourth-order valence-electron chi connectivity index (χ4n) is 2.65. The zero-order valence-electron chi connectivity index (χ0n) is 15.0. The molecule has 1 aliphatic rings. The second kappa shape index (κ2) is 8.25. The van der Waals surface area contributed by atoms with Crippen molar-refractivity contribution in [1.82, 2.24) is 4.90 Å². The number of hydrogen-bond acceptors (Lipinski definition) is 5. The Morgan fingerprint density at radius 2 is 2.00 bits per heavy atom. The molecule has 2 rings (SSSR count). The minimum atomic E-state index is -0.246. The van der Waals surface area contributed by atoms with Gasteiger partial charge in [0.2, 0.25) is 0 Å². The van der Waals surface area contributed by atoms with Gasteiger partial charge in [0.25, 0.3) is 11.1 Å². The summed E-state index contributed by atoms with van der Waals surface area (Å²) in [6, 6.07) is 3.60. The minimum absolute atomic E-state index is 0.111. The van der Waals surface area contributed by atoms with Gasteiger partial charge in [0.15, 0.2) is 11.5 Å². The predicted molar refractivity (Wildman–Crippen MR) is 101 cm³/mol. The molecule has 25 heavy (non-hydrogen) atoms. The predicted octanol–water partition coefficient (Wildman–Crippen LogP) is 4.27. The second-order valence-corrected chi connectivity index (χ2v) is 6.71. The van der Waals surface area contributed by atoms with Crippen molar-refractivity contribution >= 4 is 29.0 Å². The van der Waals surface area contributed by atoms with Crippen molar-refractivity contribution < 1.29 is 19.1 Å². The fourth-order valence-corrected chi connectivity index (χ4v) is 3.58. The number of methoxy groups -OCH3 is 2. The third kappa shape index (κ3) is 3.90. The molecular weight excluding hydrogens is 338 g/mol. The summed E-state index contributed by atoms with van der Waals surface area (Å²) >= 11 is 0.969. The van der Waals surface area contributed by atoms with Crippen molar-refractivity contribution in [3.63, 3.8) is 0 Å². The van der Waals surface area contributed by atoms with Crippen LogP contribution in [0.2, 0.25) is 0 Å². The molecule has 0 saturated carbocycles. The van der Waals surface area contributed by atoms with Crippen molar-refractivity contribution in [2.75, 3.05) is 14.2 Å².